The zero-order valence-corrected chi connectivity index (χ0v) is 9.28. The Morgan fingerprint density at radius 1 is 1.60 bits per heavy atom. The lowest BCUT2D eigenvalue weighted by atomic mass is 10.1. The highest BCUT2D eigenvalue weighted by molar-refractivity contribution is 9.10. The van der Waals surface area contributed by atoms with Crippen molar-refractivity contribution in [3.05, 3.63) is 32.3 Å². The monoisotopic (exact) mass is 274 g/mol. The largest absolute Gasteiger partial charge is 0.489 e. The van der Waals surface area contributed by atoms with Gasteiger partial charge in [-0.2, -0.15) is 0 Å². The summed E-state index contributed by atoms with van der Waals surface area (Å²) in [4.78, 5) is 21.0. The summed E-state index contributed by atoms with van der Waals surface area (Å²) in [6.07, 6.45) is 0. The first-order valence-corrected chi connectivity index (χ1v) is 4.59. The van der Waals surface area contributed by atoms with Crippen molar-refractivity contribution in [2.45, 2.75) is 0 Å². The van der Waals surface area contributed by atoms with E-state index in [-0.39, 0.29) is 11.3 Å². The summed E-state index contributed by atoms with van der Waals surface area (Å²) in [7, 11) is 1.28. The van der Waals surface area contributed by atoms with E-state index < -0.39 is 16.5 Å². The van der Waals surface area contributed by atoms with E-state index in [9.17, 15) is 14.9 Å². The van der Waals surface area contributed by atoms with Gasteiger partial charge in [-0.25, -0.2) is 0 Å². The molecular weight excluding hydrogens is 268 g/mol. The van der Waals surface area contributed by atoms with Gasteiger partial charge in [0.25, 0.3) is 5.91 Å². The molecule has 6 nitrogen and oxygen atoms in total. The molecule has 1 aromatic rings. The second-order valence-corrected chi connectivity index (χ2v) is 3.45. The number of nitro benzene ring substituents is 1. The summed E-state index contributed by atoms with van der Waals surface area (Å²) in [5, 5.41) is 10.8. The molecule has 0 aromatic heterocycles. The summed E-state index contributed by atoms with van der Waals surface area (Å²) >= 11 is 3.08. The first kappa shape index (κ1) is 11.4. The van der Waals surface area contributed by atoms with E-state index in [1.807, 2.05) is 0 Å². The highest BCUT2D eigenvalue weighted by Crippen LogP contribution is 2.37. The van der Waals surface area contributed by atoms with E-state index in [4.69, 9.17) is 10.5 Å². The van der Waals surface area contributed by atoms with Gasteiger partial charge in [0.05, 0.1) is 16.5 Å². The molecule has 1 amide bonds. The molecule has 0 radical (unpaired) electrons. The summed E-state index contributed by atoms with van der Waals surface area (Å²) in [5.41, 5.74) is 4.40. The molecule has 1 aromatic carbocycles. The van der Waals surface area contributed by atoms with Gasteiger partial charge in [0.2, 0.25) is 5.75 Å². The Hall–Kier alpha value is -1.63. The molecule has 0 unspecified atom stereocenters. The SMILES string of the molecule is COc1c(Br)ccc(C(N)=O)c1[N+](=O)[O-]. The Morgan fingerprint density at radius 2 is 2.20 bits per heavy atom. The molecule has 0 saturated carbocycles. The van der Waals surface area contributed by atoms with Crippen LogP contribution in [0.4, 0.5) is 5.69 Å². The molecular formula is C8H7BrN2O4. The van der Waals surface area contributed by atoms with E-state index in [2.05, 4.69) is 15.9 Å². The Balaban J connectivity index is 3.56. The number of hydrogen-bond acceptors (Lipinski definition) is 4. The summed E-state index contributed by atoms with van der Waals surface area (Å²) in [6, 6.07) is 2.74. The second-order valence-electron chi connectivity index (χ2n) is 2.60. The molecule has 7 heteroatoms. The molecule has 0 heterocycles. The minimum atomic E-state index is -0.868. The third-order valence-electron chi connectivity index (χ3n) is 1.74. The van der Waals surface area contributed by atoms with Crippen LogP contribution in [0.3, 0.4) is 0 Å². The minimum absolute atomic E-state index is 0.0173. The lowest BCUT2D eigenvalue weighted by molar-refractivity contribution is -0.386. The predicted octanol–water partition coefficient (Wildman–Crippen LogP) is 1.46. The van der Waals surface area contributed by atoms with Gasteiger partial charge in [0.15, 0.2) is 0 Å². The van der Waals surface area contributed by atoms with Gasteiger partial charge in [-0.1, -0.05) is 0 Å². The number of carbonyl (C=O) groups is 1. The van der Waals surface area contributed by atoms with Crippen LogP contribution in [-0.2, 0) is 0 Å². The number of rotatable bonds is 3. The van der Waals surface area contributed by atoms with Crippen LogP contribution in [0, 0.1) is 10.1 Å². The van der Waals surface area contributed by atoms with Gasteiger partial charge in [-0.05, 0) is 28.1 Å². The molecule has 0 aliphatic heterocycles. The molecule has 0 aliphatic rings. The quantitative estimate of drug-likeness (QED) is 0.667. The van der Waals surface area contributed by atoms with Gasteiger partial charge < -0.3 is 10.5 Å². The topological polar surface area (TPSA) is 95.5 Å². The average Bonchev–Trinajstić information content (AvgIpc) is 2.16. The van der Waals surface area contributed by atoms with Crippen molar-refractivity contribution in [1.82, 2.24) is 0 Å². The number of carbonyl (C=O) groups excluding carboxylic acids is 1. The predicted molar refractivity (Wildman–Crippen MR) is 55.9 cm³/mol. The lowest BCUT2D eigenvalue weighted by Crippen LogP contribution is -2.14. The summed E-state index contributed by atoms with van der Waals surface area (Å²) in [6.45, 7) is 0. The highest BCUT2D eigenvalue weighted by Gasteiger charge is 2.26. The maximum atomic E-state index is 11.0. The van der Waals surface area contributed by atoms with Crippen molar-refractivity contribution in [3.8, 4) is 5.75 Å². The first-order chi connectivity index (χ1) is 6.99. The van der Waals surface area contributed by atoms with E-state index >= 15 is 0 Å². The van der Waals surface area contributed by atoms with Crippen LogP contribution in [0.5, 0.6) is 5.75 Å². The smallest absolute Gasteiger partial charge is 0.324 e. The number of nitro groups is 1. The van der Waals surface area contributed by atoms with Crippen LogP contribution in [0.2, 0.25) is 0 Å². The number of primary amides is 1. The van der Waals surface area contributed by atoms with Crippen LogP contribution in [0.15, 0.2) is 16.6 Å². The molecule has 2 N–H and O–H groups in total. The van der Waals surface area contributed by atoms with Crippen molar-refractivity contribution in [3.63, 3.8) is 0 Å². The Bertz CT molecular complexity index is 433. The third-order valence-corrected chi connectivity index (χ3v) is 2.36. The van der Waals surface area contributed by atoms with Gasteiger partial charge in [0, 0.05) is 0 Å². The Labute approximate surface area is 93.3 Å². The zero-order chi connectivity index (χ0) is 11.6. The van der Waals surface area contributed by atoms with E-state index in [0.717, 1.165) is 0 Å². The highest BCUT2D eigenvalue weighted by atomic mass is 79.9. The van der Waals surface area contributed by atoms with Crippen LogP contribution < -0.4 is 10.5 Å². The van der Waals surface area contributed by atoms with E-state index in [1.165, 1.54) is 19.2 Å². The van der Waals surface area contributed by atoms with Crippen molar-refractivity contribution < 1.29 is 14.5 Å². The maximum Gasteiger partial charge on any atom is 0.324 e. The Kier molecular flexibility index (Phi) is 3.25. The molecule has 0 atom stereocenters. The lowest BCUT2D eigenvalue weighted by Gasteiger charge is -2.06. The van der Waals surface area contributed by atoms with Crippen molar-refractivity contribution in [1.29, 1.82) is 0 Å². The van der Waals surface area contributed by atoms with Crippen molar-refractivity contribution in [2.24, 2.45) is 5.73 Å². The molecule has 1 rings (SSSR count). The van der Waals surface area contributed by atoms with Gasteiger partial charge in [0.1, 0.15) is 5.56 Å². The minimum Gasteiger partial charge on any atom is -0.489 e. The van der Waals surface area contributed by atoms with Gasteiger partial charge in [-0.3, -0.25) is 14.9 Å². The number of hydrogen-bond donors (Lipinski definition) is 1. The summed E-state index contributed by atoms with van der Waals surface area (Å²) in [5.74, 6) is -0.885. The number of benzene rings is 1. The molecule has 80 valence electrons. The summed E-state index contributed by atoms with van der Waals surface area (Å²) < 4.78 is 5.22. The van der Waals surface area contributed by atoms with E-state index in [0.29, 0.717) is 4.47 Å². The number of amides is 1. The molecule has 15 heavy (non-hydrogen) atoms. The first-order valence-electron chi connectivity index (χ1n) is 3.79. The molecule has 0 aliphatic carbocycles. The average molecular weight is 275 g/mol. The molecule has 0 fully saturated rings. The zero-order valence-electron chi connectivity index (χ0n) is 7.69. The number of ether oxygens (including phenoxy) is 1. The molecule has 0 spiro atoms. The Morgan fingerprint density at radius 3 is 2.60 bits per heavy atom. The molecule has 0 bridgehead atoms. The molecule has 0 saturated heterocycles. The van der Waals surface area contributed by atoms with Crippen LogP contribution in [-0.4, -0.2) is 17.9 Å². The fourth-order valence-corrected chi connectivity index (χ4v) is 1.60. The fraction of sp³-hybridized carbons (Fsp3) is 0.125. The van der Waals surface area contributed by atoms with Crippen LogP contribution in [0.1, 0.15) is 10.4 Å². The van der Waals surface area contributed by atoms with Gasteiger partial charge >= 0.3 is 5.69 Å². The van der Waals surface area contributed by atoms with Gasteiger partial charge in [-0.15, -0.1) is 0 Å². The fourth-order valence-electron chi connectivity index (χ4n) is 1.12. The standard InChI is InChI=1S/C8H7BrN2O4/c1-15-7-5(9)3-2-4(8(10)12)6(7)11(13)14/h2-3H,1H3,(H2,10,12). The van der Waals surface area contributed by atoms with E-state index in [1.54, 1.807) is 0 Å². The number of nitrogens with two attached hydrogens (primary N) is 1. The normalized spacial score (nSPS) is 9.73. The second kappa shape index (κ2) is 4.26. The van der Waals surface area contributed by atoms with Crippen LogP contribution >= 0.6 is 15.9 Å². The number of nitrogens with zero attached hydrogens (tertiary/aromatic N) is 1. The number of methoxy groups -OCH3 is 1. The van der Waals surface area contributed by atoms with Crippen LogP contribution in [0.25, 0.3) is 0 Å². The third kappa shape index (κ3) is 2.07. The maximum absolute atomic E-state index is 11.0. The number of halogens is 1. The van der Waals surface area contributed by atoms with Crippen molar-refractivity contribution >= 4 is 27.5 Å². The van der Waals surface area contributed by atoms with Crippen molar-refractivity contribution in [2.75, 3.05) is 7.11 Å².